The average molecular weight is 413 g/mol. The van der Waals surface area contributed by atoms with E-state index in [2.05, 4.69) is 21.2 Å². The van der Waals surface area contributed by atoms with Gasteiger partial charge in [-0.3, -0.25) is 14.5 Å². The Morgan fingerprint density at radius 3 is 2.38 bits per heavy atom. The molecule has 0 aromatic heterocycles. The fraction of sp³-hybridized carbons (Fsp3) is 0.364. The number of carbonyl (C=O) groups excluding carboxylic acids is 2. The zero-order chi connectivity index (χ0) is 20.2. The summed E-state index contributed by atoms with van der Waals surface area (Å²) in [5, 5.41) is 3.69. The van der Waals surface area contributed by atoms with Gasteiger partial charge in [0.1, 0.15) is 0 Å². The molecule has 0 saturated carbocycles. The maximum atomic E-state index is 12.4. The number of nitrogens with one attached hydrogen (secondary N) is 1. The van der Waals surface area contributed by atoms with E-state index in [9.17, 15) is 9.59 Å². The molecule has 2 saturated heterocycles. The summed E-state index contributed by atoms with van der Waals surface area (Å²) in [6, 6.07) is 15.4. The van der Waals surface area contributed by atoms with E-state index in [4.69, 9.17) is 11.6 Å². The number of nitrogens with zero attached hydrogens (tertiary/aromatic N) is 3. The molecule has 2 aromatic carbocycles. The lowest BCUT2D eigenvalue weighted by atomic mass is 10.2. The van der Waals surface area contributed by atoms with Gasteiger partial charge in [0.05, 0.1) is 6.54 Å². The average Bonchev–Trinajstić information content (AvgIpc) is 3.15. The molecule has 4 rings (SSSR count). The highest BCUT2D eigenvalue weighted by atomic mass is 35.5. The second kappa shape index (κ2) is 8.84. The Kier molecular flexibility index (Phi) is 6.02. The van der Waals surface area contributed by atoms with E-state index >= 15 is 0 Å². The molecule has 7 heteroatoms. The van der Waals surface area contributed by atoms with Gasteiger partial charge in [-0.2, -0.15) is 0 Å². The third kappa shape index (κ3) is 4.89. The van der Waals surface area contributed by atoms with Crippen LogP contribution < -0.4 is 15.1 Å². The molecule has 0 atom stereocenters. The number of hydrogen-bond acceptors (Lipinski definition) is 4. The first kappa shape index (κ1) is 19.7. The van der Waals surface area contributed by atoms with E-state index in [0.717, 1.165) is 61.2 Å². The van der Waals surface area contributed by atoms with Gasteiger partial charge in [0, 0.05) is 61.2 Å². The molecule has 1 N–H and O–H groups in total. The molecule has 2 heterocycles. The van der Waals surface area contributed by atoms with E-state index in [1.807, 2.05) is 42.5 Å². The summed E-state index contributed by atoms with van der Waals surface area (Å²) in [7, 11) is 0. The molecule has 0 spiro atoms. The van der Waals surface area contributed by atoms with E-state index in [0.29, 0.717) is 13.0 Å². The van der Waals surface area contributed by atoms with Crippen LogP contribution in [0.25, 0.3) is 0 Å². The van der Waals surface area contributed by atoms with Gasteiger partial charge in [0.15, 0.2) is 0 Å². The van der Waals surface area contributed by atoms with E-state index in [1.165, 1.54) is 0 Å². The zero-order valence-corrected chi connectivity index (χ0v) is 17.1. The van der Waals surface area contributed by atoms with Crippen LogP contribution in [0.5, 0.6) is 0 Å². The van der Waals surface area contributed by atoms with Crippen LogP contribution in [0.3, 0.4) is 0 Å². The van der Waals surface area contributed by atoms with Gasteiger partial charge in [0.2, 0.25) is 11.8 Å². The molecule has 2 fully saturated rings. The largest absolute Gasteiger partial charge is 0.369 e. The summed E-state index contributed by atoms with van der Waals surface area (Å²) in [5.74, 6) is 0.143. The summed E-state index contributed by atoms with van der Waals surface area (Å²) >= 11 is 6.08. The maximum absolute atomic E-state index is 12.4. The van der Waals surface area contributed by atoms with Gasteiger partial charge in [-0.1, -0.05) is 17.7 Å². The molecule has 2 aliphatic heterocycles. The lowest BCUT2D eigenvalue weighted by Gasteiger charge is -2.35. The first-order chi connectivity index (χ1) is 14.1. The van der Waals surface area contributed by atoms with Gasteiger partial charge in [0.25, 0.3) is 0 Å². The molecular weight excluding hydrogens is 388 g/mol. The van der Waals surface area contributed by atoms with Crippen LogP contribution >= 0.6 is 11.6 Å². The second-order valence-electron chi connectivity index (χ2n) is 7.49. The van der Waals surface area contributed by atoms with Crippen molar-refractivity contribution in [3.05, 3.63) is 53.6 Å². The molecule has 2 aromatic rings. The molecule has 29 heavy (non-hydrogen) atoms. The SMILES string of the molecule is O=C(CN1CCN(c2cccc(Cl)c2)CC1)Nc1ccc(N2CCCC2=O)cc1. The molecular formula is C22H25ClN4O2. The Balaban J connectivity index is 1.25. The van der Waals surface area contributed by atoms with Gasteiger partial charge < -0.3 is 15.1 Å². The van der Waals surface area contributed by atoms with Crippen molar-refractivity contribution in [3.8, 4) is 0 Å². The lowest BCUT2D eigenvalue weighted by molar-refractivity contribution is -0.118. The quantitative estimate of drug-likeness (QED) is 0.819. The Morgan fingerprint density at radius 2 is 1.72 bits per heavy atom. The Hall–Kier alpha value is -2.57. The van der Waals surface area contributed by atoms with Crippen molar-refractivity contribution in [3.63, 3.8) is 0 Å². The van der Waals surface area contributed by atoms with Gasteiger partial charge in [-0.15, -0.1) is 0 Å². The number of hydrogen-bond donors (Lipinski definition) is 1. The first-order valence-corrected chi connectivity index (χ1v) is 10.4. The Bertz CT molecular complexity index is 879. The van der Waals surface area contributed by atoms with Crippen molar-refractivity contribution in [1.82, 2.24) is 4.90 Å². The number of piperazine rings is 1. The molecule has 2 amide bonds. The topological polar surface area (TPSA) is 55.9 Å². The van der Waals surface area contributed by atoms with Crippen molar-refractivity contribution in [2.24, 2.45) is 0 Å². The minimum Gasteiger partial charge on any atom is -0.369 e. The van der Waals surface area contributed by atoms with Crippen LogP contribution in [0, 0.1) is 0 Å². The van der Waals surface area contributed by atoms with Crippen LogP contribution in [-0.2, 0) is 9.59 Å². The second-order valence-corrected chi connectivity index (χ2v) is 7.92. The molecule has 0 unspecified atom stereocenters. The van der Waals surface area contributed by atoms with Crippen LogP contribution in [0.1, 0.15) is 12.8 Å². The molecule has 2 aliphatic rings. The summed E-state index contributed by atoms with van der Waals surface area (Å²) in [6.45, 7) is 4.53. The van der Waals surface area contributed by atoms with E-state index in [-0.39, 0.29) is 11.8 Å². The highest BCUT2D eigenvalue weighted by molar-refractivity contribution is 6.30. The van der Waals surface area contributed by atoms with Crippen molar-refractivity contribution in [2.75, 3.05) is 54.4 Å². The maximum Gasteiger partial charge on any atom is 0.238 e. The highest BCUT2D eigenvalue weighted by Crippen LogP contribution is 2.23. The lowest BCUT2D eigenvalue weighted by Crippen LogP contribution is -2.48. The van der Waals surface area contributed by atoms with Crippen molar-refractivity contribution in [2.45, 2.75) is 12.8 Å². The number of halogens is 1. The highest BCUT2D eigenvalue weighted by Gasteiger charge is 2.22. The fourth-order valence-electron chi connectivity index (χ4n) is 3.89. The fourth-order valence-corrected chi connectivity index (χ4v) is 4.07. The third-order valence-electron chi connectivity index (χ3n) is 5.45. The van der Waals surface area contributed by atoms with Crippen LogP contribution in [0.2, 0.25) is 5.02 Å². The van der Waals surface area contributed by atoms with Crippen molar-refractivity contribution < 1.29 is 9.59 Å². The summed E-state index contributed by atoms with van der Waals surface area (Å²) in [4.78, 5) is 30.5. The molecule has 152 valence electrons. The Labute approximate surface area is 176 Å². The van der Waals surface area contributed by atoms with E-state index in [1.54, 1.807) is 4.90 Å². The predicted molar refractivity (Wildman–Crippen MR) is 117 cm³/mol. The van der Waals surface area contributed by atoms with Crippen LogP contribution in [-0.4, -0.2) is 56.0 Å². The number of benzene rings is 2. The third-order valence-corrected chi connectivity index (χ3v) is 5.68. The van der Waals surface area contributed by atoms with Crippen LogP contribution in [0.15, 0.2) is 48.5 Å². The van der Waals surface area contributed by atoms with Crippen molar-refractivity contribution in [1.29, 1.82) is 0 Å². The number of anilines is 3. The number of rotatable bonds is 5. The van der Waals surface area contributed by atoms with Gasteiger partial charge in [-0.05, 0) is 48.9 Å². The van der Waals surface area contributed by atoms with Gasteiger partial charge >= 0.3 is 0 Å². The monoisotopic (exact) mass is 412 g/mol. The minimum atomic E-state index is -0.0220. The number of carbonyl (C=O) groups is 2. The number of amides is 2. The molecule has 0 radical (unpaired) electrons. The van der Waals surface area contributed by atoms with Crippen molar-refractivity contribution >= 4 is 40.5 Å². The molecule has 6 nitrogen and oxygen atoms in total. The standard InChI is InChI=1S/C22H25ClN4O2/c23-17-3-1-4-20(15-17)26-13-11-25(12-14-26)16-21(28)24-18-6-8-19(9-7-18)27-10-2-5-22(27)29/h1,3-4,6-9,15H,2,5,10-14,16H2,(H,24,28). The van der Waals surface area contributed by atoms with Crippen LogP contribution in [0.4, 0.5) is 17.1 Å². The smallest absolute Gasteiger partial charge is 0.238 e. The van der Waals surface area contributed by atoms with E-state index < -0.39 is 0 Å². The molecule has 0 aliphatic carbocycles. The molecule has 0 bridgehead atoms. The Morgan fingerprint density at radius 1 is 0.966 bits per heavy atom. The summed E-state index contributed by atoms with van der Waals surface area (Å²) in [6.07, 6.45) is 1.52. The summed E-state index contributed by atoms with van der Waals surface area (Å²) < 4.78 is 0. The predicted octanol–water partition coefficient (Wildman–Crippen LogP) is 3.23. The summed E-state index contributed by atoms with van der Waals surface area (Å²) in [5.41, 5.74) is 2.77. The first-order valence-electron chi connectivity index (χ1n) is 10.0. The minimum absolute atomic E-state index is 0.0220. The van der Waals surface area contributed by atoms with Gasteiger partial charge in [-0.25, -0.2) is 0 Å². The zero-order valence-electron chi connectivity index (χ0n) is 16.3. The normalized spacial score (nSPS) is 17.6.